The van der Waals surface area contributed by atoms with Crippen molar-refractivity contribution in [2.45, 2.75) is 57.8 Å². The van der Waals surface area contributed by atoms with Crippen molar-refractivity contribution < 1.29 is 0 Å². The van der Waals surface area contributed by atoms with E-state index >= 15 is 0 Å². The first-order chi connectivity index (χ1) is 30.5. The highest BCUT2D eigenvalue weighted by Gasteiger charge is 2.52. The van der Waals surface area contributed by atoms with Crippen LogP contribution in [0.4, 0.5) is 17.1 Å². The summed E-state index contributed by atoms with van der Waals surface area (Å²) >= 11 is 1.90. The Hall–Kier alpha value is -6.74. The Morgan fingerprint density at radius 3 is 1.68 bits per heavy atom. The van der Waals surface area contributed by atoms with E-state index in [0.717, 1.165) is 11.4 Å². The van der Waals surface area contributed by atoms with Gasteiger partial charge >= 0.3 is 0 Å². The van der Waals surface area contributed by atoms with Gasteiger partial charge in [-0.25, -0.2) is 0 Å². The highest BCUT2D eigenvalue weighted by molar-refractivity contribution is 7.26. The predicted molar refractivity (Wildman–Crippen MR) is 271 cm³/mol. The van der Waals surface area contributed by atoms with Gasteiger partial charge in [0.05, 0.1) is 21.5 Å². The van der Waals surface area contributed by atoms with Gasteiger partial charge in [0.1, 0.15) is 0 Å². The van der Waals surface area contributed by atoms with E-state index in [1.807, 2.05) is 11.3 Å². The largest absolute Gasteiger partial charge is 0.308 e. The summed E-state index contributed by atoms with van der Waals surface area (Å²) in [4.78, 5) is 2.56. The first-order valence-electron chi connectivity index (χ1n) is 22.3. The summed E-state index contributed by atoms with van der Waals surface area (Å²) in [5.74, 6) is 0. The molecule has 0 aliphatic heterocycles. The van der Waals surface area contributed by atoms with Gasteiger partial charge in [-0.1, -0.05) is 199 Å². The van der Waals surface area contributed by atoms with Crippen LogP contribution in [-0.4, -0.2) is 0 Å². The third-order valence-electron chi connectivity index (χ3n) is 14.0. The van der Waals surface area contributed by atoms with Crippen LogP contribution >= 0.6 is 11.3 Å². The van der Waals surface area contributed by atoms with E-state index in [9.17, 15) is 0 Å². The number of nitrogens with zero attached hydrogens (tertiary/aromatic N) is 1. The number of benzene rings is 9. The Balaban J connectivity index is 1.19. The van der Waals surface area contributed by atoms with Gasteiger partial charge < -0.3 is 4.90 Å². The minimum Gasteiger partial charge on any atom is -0.308 e. The van der Waals surface area contributed by atoms with Crippen molar-refractivity contribution in [3.05, 3.63) is 221 Å². The van der Waals surface area contributed by atoms with Crippen molar-refractivity contribution in [1.29, 1.82) is 0 Å². The van der Waals surface area contributed by atoms with Crippen LogP contribution in [0.15, 0.2) is 188 Å². The van der Waals surface area contributed by atoms with Gasteiger partial charge in [-0.2, -0.15) is 0 Å². The molecule has 2 aliphatic rings. The second-order valence-corrected chi connectivity index (χ2v) is 20.7. The second-order valence-electron chi connectivity index (χ2n) is 19.7. The van der Waals surface area contributed by atoms with Crippen LogP contribution in [0.1, 0.15) is 74.9 Å². The fourth-order valence-electron chi connectivity index (χ4n) is 10.9. The quantitative estimate of drug-likeness (QED) is 0.171. The number of hydrogen-bond donors (Lipinski definition) is 0. The molecule has 0 saturated heterocycles. The average Bonchev–Trinajstić information content (AvgIpc) is 3.93. The summed E-state index contributed by atoms with van der Waals surface area (Å²) in [6.45, 7) is 14.1. The average molecular weight is 828 g/mol. The van der Waals surface area contributed by atoms with Crippen LogP contribution in [0.2, 0.25) is 0 Å². The van der Waals surface area contributed by atoms with E-state index in [-0.39, 0.29) is 10.8 Å². The third kappa shape index (κ3) is 5.54. The van der Waals surface area contributed by atoms with Gasteiger partial charge in [0.25, 0.3) is 0 Å². The molecule has 2 aliphatic carbocycles. The van der Waals surface area contributed by atoms with Crippen molar-refractivity contribution in [1.82, 2.24) is 0 Å². The van der Waals surface area contributed by atoms with Crippen LogP contribution < -0.4 is 4.90 Å². The monoisotopic (exact) mass is 827 g/mol. The van der Waals surface area contributed by atoms with E-state index in [4.69, 9.17) is 0 Å². The lowest BCUT2D eigenvalue weighted by Crippen LogP contribution is -2.27. The molecule has 304 valence electrons. The number of rotatable bonds is 4. The Morgan fingerprint density at radius 1 is 0.413 bits per heavy atom. The summed E-state index contributed by atoms with van der Waals surface area (Å²) < 4.78 is 2.59. The minimum atomic E-state index is -0.512. The van der Waals surface area contributed by atoms with Gasteiger partial charge in [-0.15, -0.1) is 11.3 Å². The van der Waals surface area contributed by atoms with Crippen molar-refractivity contribution in [2.75, 3.05) is 4.90 Å². The molecule has 2 heteroatoms. The summed E-state index contributed by atoms with van der Waals surface area (Å²) in [6.07, 6.45) is 0. The molecule has 0 atom stereocenters. The molecule has 0 radical (unpaired) electrons. The van der Waals surface area contributed by atoms with E-state index in [1.54, 1.807) is 0 Å². The normalized spacial score (nSPS) is 13.7. The van der Waals surface area contributed by atoms with Crippen LogP contribution in [0.5, 0.6) is 0 Å². The smallest absolute Gasteiger partial charge is 0.0726 e. The topological polar surface area (TPSA) is 3.24 Å². The lowest BCUT2D eigenvalue weighted by Gasteiger charge is -2.34. The molecule has 1 aromatic heterocycles. The molecule has 0 amide bonds. The highest BCUT2D eigenvalue weighted by Crippen LogP contribution is 2.64. The van der Waals surface area contributed by atoms with E-state index in [2.05, 4.69) is 234 Å². The van der Waals surface area contributed by atoms with Gasteiger partial charge in [-0.3, -0.25) is 0 Å². The van der Waals surface area contributed by atoms with Gasteiger partial charge in [0, 0.05) is 26.7 Å². The Bertz CT molecular complexity index is 3420. The zero-order chi connectivity index (χ0) is 42.8. The van der Waals surface area contributed by atoms with Crippen molar-refractivity contribution in [3.63, 3.8) is 0 Å². The Kier molecular flexibility index (Phi) is 8.22. The zero-order valence-corrected chi connectivity index (χ0v) is 37.6. The van der Waals surface area contributed by atoms with E-state index in [0.29, 0.717) is 0 Å². The van der Waals surface area contributed by atoms with Gasteiger partial charge in [-0.05, 0) is 113 Å². The molecule has 0 unspecified atom stereocenters. The summed E-state index contributed by atoms with van der Waals surface area (Å²) in [5.41, 5.74) is 18.8. The maximum absolute atomic E-state index is 2.56. The Morgan fingerprint density at radius 2 is 0.968 bits per heavy atom. The fourth-order valence-corrected chi connectivity index (χ4v) is 12.1. The fraction of sp³-hybridized carbons (Fsp3) is 0.148. The molecular weight excluding hydrogens is 779 g/mol. The third-order valence-corrected chi connectivity index (χ3v) is 15.2. The number of thiophene rings is 1. The predicted octanol–water partition coefficient (Wildman–Crippen LogP) is 17.3. The number of hydrogen-bond acceptors (Lipinski definition) is 2. The molecule has 0 N–H and O–H groups in total. The molecular formula is C61H49NS. The van der Waals surface area contributed by atoms with Crippen LogP contribution in [0.25, 0.3) is 64.3 Å². The minimum absolute atomic E-state index is 0.0173. The van der Waals surface area contributed by atoms with Crippen LogP contribution in [-0.2, 0) is 16.2 Å². The molecule has 9 aromatic carbocycles. The van der Waals surface area contributed by atoms with Crippen LogP contribution in [0, 0.1) is 0 Å². The van der Waals surface area contributed by atoms with E-state index in [1.165, 1.54) is 103 Å². The molecule has 1 spiro atoms. The molecule has 1 nitrogen and oxygen atoms in total. The van der Waals surface area contributed by atoms with Crippen molar-refractivity contribution in [3.8, 4) is 33.4 Å². The molecule has 10 aromatic rings. The molecule has 12 rings (SSSR count). The maximum atomic E-state index is 2.56. The number of anilines is 3. The summed E-state index contributed by atoms with van der Waals surface area (Å²) in [7, 11) is 0. The number of para-hydroxylation sites is 1. The zero-order valence-electron chi connectivity index (χ0n) is 36.8. The van der Waals surface area contributed by atoms with Crippen molar-refractivity contribution >= 4 is 59.3 Å². The summed E-state index contributed by atoms with van der Waals surface area (Å²) in [6, 6.07) is 71.5. The molecule has 0 saturated carbocycles. The van der Waals surface area contributed by atoms with E-state index < -0.39 is 5.41 Å². The molecule has 1 heterocycles. The first-order valence-corrected chi connectivity index (χ1v) is 23.2. The lowest BCUT2D eigenvalue weighted by atomic mass is 9.68. The van der Waals surface area contributed by atoms with Gasteiger partial charge in [0.2, 0.25) is 0 Å². The highest BCUT2D eigenvalue weighted by atomic mass is 32.1. The van der Waals surface area contributed by atoms with Gasteiger partial charge in [0.15, 0.2) is 0 Å². The molecule has 0 fully saturated rings. The standard InChI is InChI=1S/C61H49NS/c1-59(2,3)40-28-31-46-47-32-29-41(60(4,5)6)36-52(47)61(51(46)35-40)50-24-14-12-22-45(50)48-33-30-42(37-53(48)61)62(54-25-15-13-20-43(54)38-17-8-7-9-18-38)55-26-16-23-49-57-44-21-11-10-19-39(44)27-34-56(57)63-58(49)55/h7-37H,1-6H3. The lowest BCUT2D eigenvalue weighted by molar-refractivity contribution is 0.586. The molecule has 63 heavy (non-hydrogen) atoms. The SMILES string of the molecule is CC(C)(C)c1ccc2c(c1)C1(c3ccccc3-c3ccc(N(c4ccccc4-c4ccccc4)c4cccc5c4sc4ccc6ccccc6c45)cc31)c1cc(C(C)(C)C)ccc1-2. The number of fused-ring (bicyclic) bond motifs is 15. The van der Waals surface area contributed by atoms with Crippen molar-refractivity contribution in [2.24, 2.45) is 0 Å². The second kappa shape index (κ2) is 13.6. The van der Waals surface area contributed by atoms with Crippen LogP contribution in [0.3, 0.4) is 0 Å². The maximum Gasteiger partial charge on any atom is 0.0726 e. The molecule has 0 bridgehead atoms. The summed E-state index contributed by atoms with van der Waals surface area (Å²) in [5, 5.41) is 5.19. The Labute approximate surface area is 374 Å². The first kappa shape index (κ1) is 38.0.